The average Bonchev–Trinajstić information content (AvgIpc) is 3.13. The minimum absolute atomic E-state index is 0.153. The van der Waals surface area contributed by atoms with Crippen molar-refractivity contribution in [1.82, 2.24) is 0 Å². The minimum atomic E-state index is 0.153. The summed E-state index contributed by atoms with van der Waals surface area (Å²) >= 11 is 0. The Morgan fingerprint density at radius 2 is 1.21 bits per heavy atom. The van der Waals surface area contributed by atoms with E-state index in [1.165, 1.54) is 27.8 Å². The quantitative estimate of drug-likeness (QED) is 0.508. The third-order valence-electron chi connectivity index (χ3n) is 6.07. The molecule has 2 unspecified atom stereocenters. The van der Waals surface area contributed by atoms with Gasteiger partial charge < -0.3 is 11.5 Å². The van der Waals surface area contributed by atoms with Crippen LogP contribution in [0.5, 0.6) is 0 Å². The van der Waals surface area contributed by atoms with Gasteiger partial charge in [0, 0.05) is 17.3 Å². The van der Waals surface area contributed by atoms with E-state index in [1.54, 1.807) is 0 Å². The molecule has 0 saturated carbocycles. The van der Waals surface area contributed by atoms with Crippen LogP contribution in [0.4, 0.5) is 11.4 Å². The molecule has 2 nitrogen and oxygen atoms in total. The summed E-state index contributed by atoms with van der Waals surface area (Å²) in [5, 5.41) is 0. The number of rotatable bonds is 3. The maximum absolute atomic E-state index is 5.94. The van der Waals surface area contributed by atoms with Gasteiger partial charge in [0.15, 0.2) is 0 Å². The lowest BCUT2D eigenvalue weighted by Gasteiger charge is -2.26. The first kappa shape index (κ1) is 19.3. The summed E-state index contributed by atoms with van der Waals surface area (Å²) in [6.07, 6.45) is 3.42. The SMILES string of the molecule is CC(C)(C)c1ccc(C2C(c3ccc(N)cc3)=CCC2c2ccc(N)cc2)cc1. The highest BCUT2D eigenvalue weighted by atomic mass is 14.5. The average molecular weight is 383 g/mol. The van der Waals surface area contributed by atoms with Gasteiger partial charge in [-0.2, -0.15) is 0 Å². The highest BCUT2D eigenvalue weighted by Gasteiger charge is 2.33. The van der Waals surface area contributed by atoms with E-state index in [0.29, 0.717) is 11.8 Å². The number of nitrogens with two attached hydrogens (primary N) is 2. The van der Waals surface area contributed by atoms with Crippen molar-refractivity contribution in [3.8, 4) is 0 Å². The molecular formula is C27H30N2. The fraction of sp³-hybridized carbons (Fsp3) is 0.259. The topological polar surface area (TPSA) is 52.0 Å². The van der Waals surface area contributed by atoms with Crippen LogP contribution < -0.4 is 11.5 Å². The van der Waals surface area contributed by atoms with Gasteiger partial charge in [-0.25, -0.2) is 0 Å². The molecule has 4 N–H and O–H groups in total. The number of hydrogen-bond acceptors (Lipinski definition) is 2. The van der Waals surface area contributed by atoms with Gasteiger partial charge in [0.2, 0.25) is 0 Å². The molecule has 0 saturated heterocycles. The van der Waals surface area contributed by atoms with Crippen LogP contribution in [0.25, 0.3) is 5.57 Å². The molecule has 0 radical (unpaired) electrons. The Morgan fingerprint density at radius 1 is 0.690 bits per heavy atom. The molecular weight excluding hydrogens is 352 g/mol. The van der Waals surface area contributed by atoms with Gasteiger partial charge in [-0.15, -0.1) is 0 Å². The van der Waals surface area contributed by atoms with Crippen LogP contribution in [-0.2, 0) is 5.41 Å². The molecule has 0 bridgehead atoms. The van der Waals surface area contributed by atoms with Crippen LogP contribution in [0.15, 0.2) is 78.9 Å². The Morgan fingerprint density at radius 3 is 1.76 bits per heavy atom. The van der Waals surface area contributed by atoms with Gasteiger partial charge >= 0.3 is 0 Å². The van der Waals surface area contributed by atoms with E-state index < -0.39 is 0 Å². The Balaban J connectivity index is 1.76. The maximum Gasteiger partial charge on any atom is 0.0314 e. The number of benzene rings is 3. The summed E-state index contributed by atoms with van der Waals surface area (Å²) in [4.78, 5) is 0. The van der Waals surface area contributed by atoms with E-state index in [9.17, 15) is 0 Å². The fourth-order valence-corrected chi connectivity index (χ4v) is 4.38. The van der Waals surface area contributed by atoms with Crippen molar-refractivity contribution in [2.75, 3.05) is 11.5 Å². The summed E-state index contributed by atoms with van der Waals surface area (Å²) in [7, 11) is 0. The zero-order valence-corrected chi connectivity index (χ0v) is 17.5. The minimum Gasteiger partial charge on any atom is -0.399 e. The largest absolute Gasteiger partial charge is 0.399 e. The van der Waals surface area contributed by atoms with Gasteiger partial charge in [0.25, 0.3) is 0 Å². The predicted octanol–water partition coefficient (Wildman–Crippen LogP) is 6.50. The maximum atomic E-state index is 5.94. The highest BCUT2D eigenvalue weighted by molar-refractivity contribution is 5.76. The molecule has 2 atom stereocenters. The fourth-order valence-electron chi connectivity index (χ4n) is 4.38. The Hall–Kier alpha value is -3.00. The molecule has 1 aliphatic carbocycles. The number of anilines is 2. The molecule has 0 amide bonds. The van der Waals surface area contributed by atoms with Gasteiger partial charge in [0.05, 0.1) is 0 Å². The van der Waals surface area contributed by atoms with Gasteiger partial charge in [-0.05, 0) is 69.8 Å². The van der Waals surface area contributed by atoms with Crippen molar-refractivity contribution >= 4 is 16.9 Å². The summed E-state index contributed by atoms with van der Waals surface area (Å²) in [5.41, 5.74) is 20.3. The van der Waals surface area contributed by atoms with Crippen molar-refractivity contribution in [3.05, 3.63) is 101 Å². The molecule has 2 heteroatoms. The Kier molecular flexibility index (Phi) is 4.96. The third-order valence-corrected chi connectivity index (χ3v) is 6.07. The Labute approximate surface area is 174 Å². The molecule has 148 valence electrons. The zero-order valence-electron chi connectivity index (χ0n) is 17.5. The highest BCUT2D eigenvalue weighted by Crippen LogP contribution is 2.50. The lowest BCUT2D eigenvalue weighted by molar-refractivity contribution is 0.589. The number of nitrogen functional groups attached to an aromatic ring is 2. The van der Waals surface area contributed by atoms with Gasteiger partial charge in [-0.1, -0.05) is 75.4 Å². The summed E-state index contributed by atoms with van der Waals surface area (Å²) in [5.74, 6) is 0.722. The predicted molar refractivity (Wildman–Crippen MR) is 125 cm³/mol. The zero-order chi connectivity index (χ0) is 20.6. The second-order valence-electron chi connectivity index (χ2n) is 9.14. The summed E-state index contributed by atoms with van der Waals surface area (Å²) in [6.45, 7) is 6.78. The Bertz CT molecular complexity index is 1000. The monoisotopic (exact) mass is 382 g/mol. The van der Waals surface area contributed by atoms with E-state index in [2.05, 4.69) is 75.4 Å². The van der Waals surface area contributed by atoms with Crippen LogP contribution in [0.3, 0.4) is 0 Å². The first-order valence-corrected chi connectivity index (χ1v) is 10.3. The van der Waals surface area contributed by atoms with Gasteiger partial charge in [0.1, 0.15) is 0 Å². The molecule has 0 spiro atoms. The molecule has 3 aromatic rings. The van der Waals surface area contributed by atoms with Crippen LogP contribution in [0.2, 0.25) is 0 Å². The molecule has 4 rings (SSSR count). The van der Waals surface area contributed by atoms with Crippen molar-refractivity contribution in [2.45, 2.75) is 44.4 Å². The van der Waals surface area contributed by atoms with E-state index in [0.717, 1.165) is 17.8 Å². The van der Waals surface area contributed by atoms with Crippen molar-refractivity contribution in [2.24, 2.45) is 0 Å². The second-order valence-corrected chi connectivity index (χ2v) is 9.14. The second kappa shape index (κ2) is 7.44. The normalized spacial score (nSPS) is 19.2. The van der Waals surface area contributed by atoms with Crippen LogP contribution >= 0.6 is 0 Å². The smallest absolute Gasteiger partial charge is 0.0314 e. The molecule has 3 aromatic carbocycles. The summed E-state index contributed by atoms with van der Waals surface area (Å²) in [6, 6.07) is 25.8. The third kappa shape index (κ3) is 3.93. The number of hydrogen-bond donors (Lipinski definition) is 2. The molecule has 0 aromatic heterocycles. The van der Waals surface area contributed by atoms with Crippen molar-refractivity contribution < 1.29 is 0 Å². The molecule has 0 heterocycles. The van der Waals surface area contributed by atoms with Crippen LogP contribution in [-0.4, -0.2) is 0 Å². The molecule has 0 aliphatic heterocycles. The molecule has 0 fully saturated rings. The molecule has 1 aliphatic rings. The van der Waals surface area contributed by atoms with Gasteiger partial charge in [-0.3, -0.25) is 0 Å². The lowest BCUT2D eigenvalue weighted by Crippen LogP contribution is -2.12. The van der Waals surface area contributed by atoms with E-state index >= 15 is 0 Å². The summed E-state index contributed by atoms with van der Waals surface area (Å²) < 4.78 is 0. The first-order chi connectivity index (χ1) is 13.8. The van der Waals surface area contributed by atoms with Crippen molar-refractivity contribution in [3.63, 3.8) is 0 Å². The van der Waals surface area contributed by atoms with E-state index in [4.69, 9.17) is 11.5 Å². The molecule has 29 heavy (non-hydrogen) atoms. The standard InChI is InChI=1S/C27H30N2/c1-27(2,3)21-10-4-20(5-11-21)26-24(18-6-12-22(28)13-7-18)16-17-25(26)19-8-14-23(29)15-9-19/h4-16,25-26H,17,28-29H2,1-3H3. The first-order valence-electron chi connectivity index (χ1n) is 10.3. The van der Waals surface area contributed by atoms with E-state index in [1.807, 2.05) is 24.3 Å². The van der Waals surface area contributed by atoms with E-state index in [-0.39, 0.29) is 5.41 Å². The van der Waals surface area contributed by atoms with Crippen molar-refractivity contribution in [1.29, 1.82) is 0 Å². The number of allylic oxidation sites excluding steroid dienone is 2. The van der Waals surface area contributed by atoms with Crippen LogP contribution in [0, 0.1) is 0 Å². The lowest BCUT2D eigenvalue weighted by atomic mass is 9.77. The van der Waals surface area contributed by atoms with Crippen LogP contribution in [0.1, 0.15) is 61.3 Å².